The smallest absolute Gasteiger partial charge is 0.338 e. The number of piperazine rings is 1. The van der Waals surface area contributed by atoms with Crippen LogP contribution in [-0.2, 0) is 4.74 Å². The second-order valence-electron chi connectivity index (χ2n) is 5.66. The van der Waals surface area contributed by atoms with Gasteiger partial charge < -0.3 is 9.64 Å². The van der Waals surface area contributed by atoms with Crippen molar-refractivity contribution in [2.75, 3.05) is 44.2 Å². The van der Waals surface area contributed by atoms with E-state index < -0.39 is 0 Å². The van der Waals surface area contributed by atoms with Gasteiger partial charge in [-0.2, -0.15) is 0 Å². The highest BCUT2D eigenvalue weighted by Gasteiger charge is 2.18. The first-order valence-corrected chi connectivity index (χ1v) is 8.41. The first-order valence-electron chi connectivity index (χ1n) is 8.03. The predicted octanol–water partition coefficient (Wildman–Crippen LogP) is 2.71. The van der Waals surface area contributed by atoms with E-state index in [9.17, 15) is 4.79 Å². The minimum atomic E-state index is -0.307. The molecule has 0 saturated carbocycles. The first-order chi connectivity index (χ1) is 11.7. The molecule has 24 heavy (non-hydrogen) atoms. The molecular weight excluding hydrogens is 326 g/mol. The van der Waals surface area contributed by atoms with Gasteiger partial charge in [0.15, 0.2) is 0 Å². The summed E-state index contributed by atoms with van der Waals surface area (Å²) in [6.07, 6.45) is 1.82. The lowest BCUT2D eigenvalue weighted by Gasteiger charge is -2.35. The fourth-order valence-electron chi connectivity index (χ4n) is 2.68. The van der Waals surface area contributed by atoms with Crippen molar-refractivity contribution in [3.63, 3.8) is 0 Å². The number of halogens is 1. The third-order valence-corrected chi connectivity index (χ3v) is 4.32. The minimum absolute atomic E-state index is 0.307. The van der Waals surface area contributed by atoms with Crippen LogP contribution in [0.1, 0.15) is 10.4 Å². The lowest BCUT2D eigenvalue weighted by atomic mass is 10.2. The number of hydrogen-bond acceptors (Lipinski definition) is 5. The van der Waals surface area contributed by atoms with Crippen LogP contribution in [0.25, 0.3) is 0 Å². The molecule has 5 nitrogen and oxygen atoms in total. The van der Waals surface area contributed by atoms with E-state index in [1.54, 1.807) is 24.3 Å². The molecule has 0 bridgehead atoms. The number of aromatic nitrogens is 1. The molecule has 0 N–H and O–H groups in total. The number of hydrogen-bond donors (Lipinski definition) is 0. The summed E-state index contributed by atoms with van der Waals surface area (Å²) in [5.41, 5.74) is 0.527. The summed E-state index contributed by atoms with van der Waals surface area (Å²) in [4.78, 5) is 20.9. The molecule has 6 heteroatoms. The summed E-state index contributed by atoms with van der Waals surface area (Å²) in [6.45, 7) is 4.88. The molecule has 0 spiro atoms. The molecule has 0 radical (unpaired) electrons. The van der Waals surface area contributed by atoms with E-state index in [0.29, 0.717) is 17.2 Å². The number of nitrogens with zero attached hydrogens (tertiary/aromatic N) is 3. The van der Waals surface area contributed by atoms with Crippen LogP contribution < -0.4 is 4.90 Å². The van der Waals surface area contributed by atoms with E-state index in [2.05, 4.69) is 14.8 Å². The Balaban J connectivity index is 1.39. The Bertz CT molecular complexity index is 656. The maximum absolute atomic E-state index is 11.9. The van der Waals surface area contributed by atoms with Gasteiger partial charge in [-0.25, -0.2) is 9.78 Å². The number of anilines is 1. The van der Waals surface area contributed by atoms with Crippen LogP contribution in [0.3, 0.4) is 0 Å². The van der Waals surface area contributed by atoms with Crippen molar-refractivity contribution in [2.45, 2.75) is 0 Å². The standard InChI is InChI=1S/C18H20ClN3O2/c19-16-6-4-15(5-7-16)18(23)24-14-13-21-9-11-22(12-10-21)17-3-1-2-8-20-17/h1-8H,9-14H2. The van der Waals surface area contributed by atoms with Gasteiger partial charge in [0.2, 0.25) is 0 Å². The summed E-state index contributed by atoms with van der Waals surface area (Å²) in [5.74, 6) is 0.713. The van der Waals surface area contributed by atoms with Crippen molar-refractivity contribution >= 4 is 23.4 Å². The molecule has 0 amide bonds. The third-order valence-electron chi connectivity index (χ3n) is 4.07. The number of benzene rings is 1. The second kappa shape index (κ2) is 8.13. The Kier molecular flexibility index (Phi) is 5.67. The highest BCUT2D eigenvalue weighted by Crippen LogP contribution is 2.13. The van der Waals surface area contributed by atoms with Gasteiger partial charge >= 0.3 is 5.97 Å². The van der Waals surface area contributed by atoms with Gasteiger partial charge in [0.25, 0.3) is 0 Å². The Hall–Kier alpha value is -2.11. The number of rotatable bonds is 5. The van der Waals surface area contributed by atoms with E-state index in [1.807, 2.05) is 24.4 Å². The molecule has 0 aliphatic carbocycles. The molecular formula is C18H20ClN3O2. The molecule has 126 valence electrons. The van der Waals surface area contributed by atoms with E-state index in [1.165, 1.54) is 0 Å². The fraction of sp³-hybridized carbons (Fsp3) is 0.333. The van der Waals surface area contributed by atoms with Gasteiger partial charge in [-0.3, -0.25) is 4.90 Å². The maximum Gasteiger partial charge on any atom is 0.338 e. The van der Waals surface area contributed by atoms with Crippen LogP contribution in [0.2, 0.25) is 5.02 Å². The van der Waals surface area contributed by atoms with Crippen molar-refractivity contribution in [1.29, 1.82) is 0 Å². The van der Waals surface area contributed by atoms with Crippen molar-refractivity contribution < 1.29 is 9.53 Å². The van der Waals surface area contributed by atoms with Crippen LogP contribution in [0.15, 0.2) is 48.7 Å². The topological polar surface area (TPSA) is 45.7 Å². The van der Waals surface area contributed by atoms with Crippen LogP contribution in [0.4, 0.5) is 5.82 Å². The van der Waals surface area contributed by atoms with Gasteiger partial charge in [-0.15, -0.1) is 0 Å². The summed E-state index contributed by atoms with van der Waals surface area (Å²) in [7, 11) is 0. The summed E-state index contributed by atoms with van der Waals surface area (Å²) in [5, 5.41) is 0.609. The first kappa shape index (κ1) is 16.7. The van der Waals surface area contributed by atoms with Crippen LogP contribution in [0, 0.1) is 0 Å². The van der Waals surface area contributed by atoms with E-state index >= 15 is 0 Å². The van der Waals surface area contributed by atoms with Crippen molar-refractivity contribution in [3.05, 3.63) is 59.2 Å². The van der Waals surface area contributed by atoms with E-state index in [0.717, 1.165) is 38.5 Å². The Morgan fingerprint density at radius 1 is 1.08 bits per heavy atom. The molecule has 1 aliphatic rings. The van der Waals surface area contributed by atoms with Crippen molar-refractivity contribution in [2.24, 2.45) is 0 Å². The molecule has 2 aromatic rings. The monoisotopic (exact) mass is 345 g/mol. The molecule has 0 atom stereocenters. The lowest BCUT2D eigenvalue weighted by Crippen LogP contribution is -2.47. The fourth-order valence-corrected chi connectivity index (χ4v) is 2.80. The molecule has 1 saturated heterocycles. The molecule has 1 aliphatic heterocycles. The maximum atomic E-state index is 11.9. The summed E-state index contributed by atoms with van der Waals surface area (Å²) < 4.78 is 5.33. The number of esters is 1. The van der Waals surface area contributed by atoms with Gasteiger partial charge in [-0.05, 0) is 36.4 Å². The largest absolute Gasteiger partial charge is 0.461 e. The number of pyridine rings is 1. The van der Waals surface area contributed by atoms with Crippen LogP contribution in [0.5, 0.6) is 0 Å². The number of ether oxygens (including phenoxy) is 1. The van der Waals surface area contributed by atoms with Crippen molar-refractivity contribution in [1.82, 2.24) is 9.88 Å². The highest BCUT2D eigenvalue weighted by molar-refractivity contribution is 6.30. The zero-order chi connectivity index (χ0) is 16.8. The Labute approximate surface area is 146 Å². The molecule has 1 fully saturated rings. The lowest BCUT2D eigenvalue weighted by molar-refractivity contribution is 0.0459. The summed E-state index contributed by atoms with van der Waals surface area (Å²) >= 11 is 5.81. The molecule has 3 rings (SSSR count). The Morgan fingerprint density at radius 3 is 2.50 bits per heavy atom. The van der Waals surface area contributed by atoms with E-state index in [-0.39, 0.29) is 5.97 Å². The molecule has 2 heterocycles. The van der Waals surface area contributed by atoms with Crippen LogP contribution in [-0.4, -0.2) is 55.2 Å². The second-order valence-corrected chi connectivity index (χ2v) is 6.10. The minimum Gasteiger partial charge on any atom is -0.461 e. The quantitative estimate of drug-likeness (QED) is 0.780. The third kappa shape index (κ3) is 4.46. The zero-order valence-electron chi connectivity index (χ0n) is 13.4. The average molecular weight is 346 g/mol. The van der Waals surface area contributed by atoms with E-state index in [4.69, 9.17) is 16.3 Å². The number of carbonyl (C=O) groups is 1. The predicted molar refractivity (Wildman–Crippen MR) is 94.6 cm³/mol. The van der Waals surface area contributed by atoms with Gasteiger partial charge in [-0.1, -0.05) is 17.7 Å². The highest BCUT2D eigenvalue weighted by atomic mass is 35.5. The molecule has 1 aromatic heterocycles. The van der Waals surface area contributed by atoms with Crippen LogP contribution >= 0.6 is 11.6 Å². The Morgan fingerprint density at radius 2 is 1.83 bits per heavy atom. The normalized spacial score (nSPS) is 15.3. The summed E-state index contributed by atoms with van der Waals surface area (Å²) in [6, 6.07) is 12.7. The van der Waals surface area contributed by atoms with Gasteiger partial charge in [0.1, 0.15) is 12.4 Å². The zero-order valence-corrected chi connectivity index (χ0v) is 14.2. The van der Waals surface area contributed by atoms with Gasteiger partial charge in [0, 0.05) is 43.9 Å². The average Bonchev–Trinajstić information content (AvgIpc) is 2.63. The van der Waals surface area contributed by atoms with Crippen molar-refractivity contribution in [3.8, 4) is 0 Å². The van der Waals surface area contributed by atoms with Gasteiger partial charge in [0.05, 0.1) is 5.56 Å². The molecule has 1 aromatic carbocycles. The molecule has 0 unspecified atom stereocenters. The SMILES string of the molecule is O=C(OCCN1CCN(c2ccccn2)CC1)c1ccc(Cl)cc1. The number of carbonyl (C=O) groups excluding carboxylic acids is 1.